The van der Waals surface area contributed by atoms with Crippen molar-refractivity contribution >= 4 is 17.2 Å². The first-order chi connectivity index (χ1) is 14.8. The number of hydrazone groups is 1. The smallest absolute Gasteiger partial charge is 0.382 e. The van der Waals surface area contributed by atoms with Crippen LogP contribution in [-0.2, 0) is 10.9 Å². The van der Waals surface area contributed by atoms with E-state index >= 15 is 0 Å². The predicted octanol–water partition coefficient (Wildman–Crippen LogP) is 2.97. The van der Waals surface area contributed by atoms with Crippen LogP contribution in [0.1, 0.15) is 17.5 Å². The fraction of sp³-hybridized carbons (Fsp3) is 0.381. The van der Waals surface area contributed by atoms with Gasteiger partial charge in [-0.1, -0.05) is 12.1 Å². The number of ether oxygens (including phenoxy) is 1. The average Bonchev–Trinajstić information content (AvgIpc) is 2.74. The summed E-state index contributed by atoms with van der Waals surface area (Å²) in [5.74, 6) is 6.20. The maximum Gasteiger partial charge on any atom is 0.416 e. The van der Waals surface area contributed by atoms with E-state index in [9.17, 15) is 13.2 Å². The maximum atomic E-state index is 12.8. The third kappa shape index (κ3) is 6.84. The molecule has 0 aliphatic carbocycles. The highest BCUT2D eigenvalue weighted by atomic mass is 19.4. The van der Waals surface area contributed by atoms with E-state index in [1.54, 1.807) is 24.3 Å². The first kappa shape index (κ1) is 22.9. The first-order valence-electron chi connectivity index (χ1n) is 10.0. The van der Waals surface area contributed by atoms with Gasteiger partial charge in [0.1, 0.15) is 0 Å². The SMILES string of the molecule is N/C(=N\N(N)CCCN1CCOCC1)c1ccccc1Nc1ccc(C(F)(F)F)cc1. The lowest BCUT2D eigenvalue weighted by atomic mass is 10.1. The van der Waals surface area contributed by atoms with Gasteiger partial charge in [0.2, 0.25) is 0 Å². The molecular formula is C21H27F3N6O. The molecular weight excluding hydrogens is 409 g/mol. The van der Waals surface area contributed by atoms with Crippen LogP contribution in [0.4, 0.5) is 24.5 Å². The molecule has 0 amide bonds. The number of nitrogens with one attached hydrogen (secondary N) is 1. The van der Waals surface area contributed by atoms with Crippen LogP contribution in [0.25, 0.3) is 0 Å². The number of morpholine rings is 1. The molecule has 0 aromatic heterocycles. The normalized spacial score (nSPS) is 15.7. The second-order valence-electron chi connectivity index (χ2n) is 7.20. The topological polar surface area (TPSA) is 92.1 Å². The second-order valence-corrected chi connectivity index (χ2v) is 7.20. The summed E-state index contributed by atoms with van der Waals surface area (Å²) in [4.78, 5) is 2.31. The second kappa shape index (κ2) is 10.5. The highest BCUT2D eigenvalue weighted by Crippen LogP contribution is 2.30. The lowest BCUT2D eigenvalue weighted by molar-refractivity contribution is -0.137. The number of nitrogens with two attached hydrogens (primary N) is 2. The highest BCUT2D eigenvalue weighted by molar-refractivity contribution is 6.02. The molecule has 1 aliphatic rings. The number of alkyl halides is 3. The minimum atomic E-state index is -4.38. The van der Waals surface area contributed by atoms with Gasteiger partial charge in [0.25, 0.3) is 0 Å². The molecule has 0 bridgehead atoms. The van der Waals surface area contributed by atoms with Gasteiger partial charge in [-0.3, -0.25) is 4.90 Å². The molecule has 1 saturated heterocycles. The maximum absolute atomic E-state index is 12.8. The van der Waals surface area contributed by atoms with Gasteiger partial charge in [-0.25, -0.2) is 11.0 Å². The minimum Gasteiger partial charge on any atom is -0.382 e. The number of rotatable bonds is 8. The van der Waals surface area contributed by atoms with E-state index in [2.05, 4.69) is 15.3 Å². The molecule has 1 heterocycles. The zero-order valence-electron chi connectivity index (χ0n) is 17.1. The summed E-state index contributed by atoms with van der Waals surface area (Å²) in [5, 5.41) is 8.65. The van der Waals surface area contributed by atoms with Crippen molar-refractivity contribution in [2.24, 2.45) is 16.7 Å². The Morgan fingerprint density at radius 3 is 2.45 bits per heavy atom. The number of para-hydroxylation sites is 1. The van der Waals surface area contributed by atoms with E-state index in [-0.39, 0.29) is 5.84 Å². The molecule has 168 valence electrons. The Kier molecular flexibility index (Phi) is 7.72. The molecule has 0 saturated carbocycles. The van der Waals surface area contributed by atoms with Gasteiger partial charge >= 0.3 is 6.18 Å². The highest BCUT2D eigenvalue weighted by Gasteiger charge is 2.29. The van der Waals surface area contributed by atoms with Crippen LogP contribution in [-0.4, -0.2) is 55.2 Å². The number of hydrazine groups is 1. The van der Waals surface area contributed by atoms with E-state index in [1.807, 2.05) is 0 Å². The largest absolute Gasteiger partial charge is 0.416 e. The number of hydrogen-bond acceptors (Lipinski definition) is 6. The van der Waals surface area contributed by atoms with E-state index in [1.165, 1.54) is 17.3 Å². The Balaban J connectivity index is 1.61. The molecule has 2 aromatic carbocycles. The Labute approximate surface area is 179 Å². The van der Waals surface area contributed by atoms with Crippen LogP contribution < -0.4 is 16.9 Å². The molecule has 31 heavy (non-hydrogen) atoms. The van der Waals surface area contributed by atoms with Crippen molar-refractivity contribution < 1.29 is 17.9 Å². The lowest BCUT2D eigenvalue weighted by Gasteiger charge is -2.27. The molecule has 0 spiro atoms. The number of hydrogen-bond donors (Lipinski definition) is 3. The number of amidine groups is 1. The zero-order chi connectivity index (χ0) is 22.3. The van der Waals surface area contributed by atoms with Gasteiger partial charge in [-0.2, -0.15) is 13.2 Å². The van der Waals surface area contributed by atoms with Crippen LogP contribution in [0, 0.1) is 0 Å². The Morgan fingerprint density at radius 2 is 1.77 bits per heavy atom. The number of halogens is 3. The quantitative estimate of drug-likeness (QED) is 0.255. The third-order valence-corrected chi connectivity index (χ3v) is 4.90. The fourth-order valence-corrected chi connectivity index (χ4v) is 3.24. The first-order valence-corrected chi connectivity index (χ1v) is 10.0. The molecule has 0 atom stereocenters. The summed E-state index contributed by atoms with van der Waals surface area (Å²) in [6, 6.07) is 11.9. The standard InChI is InChI=1S/C21H27F3N6O/c22-21(23,24)16-6-8-17(9-7-16)27-19-5-2-1-4-18(19)20(25)28-30(26)11-3-10-29-12-14-31-15-13-29/h1-2,4-9,27H,3,10-15,26H2,(H2,25,28). The number of anilines is 2. The van der Waals surface area contributed by atoms with Crippen LogP contribution in [0.2, 0.25) is 0 Å². The van der Waals surface area contributed by atoms with Gasteiger partial charge < -0.3 is 15.8 Å². The van der Waals surface area contributed by atoms with Crippen molar-refractivity contribution in [3.63, 3.8) is 0 Å². The molecule has 0 radical (unpaired) electrons. The summed E-state index contributed by atoms with van der Waals surface area (Å²) < 4.78 is 43.6. The summed E-state index contributed by atoms with van der Waals surface area (Å²) >= 11 is 0. The molecule has 0 unspecified atom stereocenters. The predicted molar refractivity (Wildman–Crippen MR) is 115 cm³/mol. The van der Waals surface area contributed by atoms with E-state index < -0.39 is 11.7 Å². The summed E-state index contributed by atoms with van der Waals surface area (Å²) in [5.41, 5.74) is 7.18. The minimum absolute atomic E-state index is 0.212. The lowest BCUT2D eigenvalue weighted by Crippen LogP contribution is -2.38. The Hall–Kier alpha value is -2.82. The molecule has 10 heteroatoms. The van der Waals surface area contributed by atoms with E-state index in [4.69, 9.17) is 16.3 Å². The van der Waals surface area contributed by atoms with E-state index in [0.29, 0.717) is 23.5 Å². The van der Waals surface area contributed by atoms with Crippen LogP contribution in [0.3, 0.4) is 0 Å². The Morgan fingerprint density at radius 1 is 1.10 bits per heavy atom. The molecule has 5 N–H and O–H groups in total. The fourth-order valence-electron chi connectivity index (χ4n) is 3.24. The van der Waals surface area contributed by atoms with Crippen molar-refractivity contribution in [2.75, 3.05) is 44.7 Å². The van der Waals surface area contributed by atoms with E-state index in [0.717, 1.165) is 51.4 Å². The van der Waals surface area contributed by atoms with Crippen LogP contribution in [0.15, 0.2) is 53.6 Å². The van der Waals surface area contributed by atoms with Gasteiger partial charge in [0.15, 0.2) is 5.84 Å². The van der Waals surface area contributed by atoms with Crippen molar-refractivity contribution in [2.45, 2.75) is 12.6 Å². The molecule has 3 rings (SSSR count). The average molecular weight is 436 g/mol. The van der Waals surface area contributed by atoms with Crippen LogP contribution in [0.5, 0.6) is 0 Å². The van der Waals surface area contributed by atoms with Crippen molar-refractivity contribution in [1.29, 1.82) is 0 Å². The van der Waals surface area contributed by atoms with Gasteiger partial charge in [-0.15, -0.1) is 5.10 Å². The van der Waals surface area contributed by atoms with Gasteiger partial charge in [-0.05, 0) is 42.8 Å². The van der Waals surface area contributed by atoms with Crippen LogP contribution >= 0.6 is 0 Å². The summed E-state index contributed by atoms with van der Waals surface area (Å²) in [6.07, 6.45) is -3.54. The summed E-state index contributed by atoms with van der Waals surface area (Å²) in [6.45, 7) is 4.77. The van der Waals surface area contributed by atoms with Crippen molar-refractivity contribution in [3.8, 4) is 0 Å². The van der Waals surface area contributed by atoms with Crippen molar-refractivity contribution in [1.82, 2.24) is 10.0 Å². The summed E-state index contributed by atoms with van der Waals surface area (Å²) in [7, 11) is 0. The zero-order valence-corrected chi connectivity index (χ0v) is 17.1. The third-order valence-electron chi connectivity index (χ3n) is 4.90. The number of nitrogens with zero attached hydrogens (tertiary/aromatic N) is 3. The molecule has 1 fully saturated rings. The monoisotopic (exact) mass is 436 g/mol. The molecule has 2 aromatic rings. The Bertz CT molecular complexity index is 866. The van der Waals surface area contributed by atoms with Gasteiger partial charge in [0.05, 0.1) is 25.3 Å². The molecule has 7 nitrogen and oxygen atoms in total. The van der Waals surface area contributed by atoms with Gasteiger partial charge in [0, 0.05) is 36.6 Å². The van der Waals surface area contributed by atoms with Crippen molar-refractivity contribution in [3.05, 3.63) is 59.7 Å². The molecule has 1 aliphatic heterocycles. The number of benzene rings is 2.